The summed E-state index contributed by atoms with van der Waals surface area (Å²) in [5.74, 6) is 15.3. The average molecular weight is 753 g/mol. The molecule has 10 N–H and O–H groups in total. The van der Waals surface area contributed by atoms with Gasteiger partial charge in [-0.2, -0.15) is 20.4 Å². The van der Waals surface area contributed by atoms with E-state index in [9.17, 15) is 4.21 Å². The Balaban J connectivity index is 0.000000747. The van der Waals surface area contributed by atoms with Crippen molar-refractivity contribution in [1.82, 2.24) is 0 Å². The number of aliphatic imine (C=N–C) groups is 2. The van der Waals surface area contributed by atoms with Crippen molar-refractivity contribution in [2.75, 3.05) is 26.5 Å². The summed E-state index contributed by atoms with van der Waals surface area (Å²) in [4.78, 5) is 9.35. The van der Waals surface area contributed by atoms with Gasteiger partial charge in [-0.1, -0.05) is 56.0 Å². The van der Waals surface area contributed by atoms with Crippen LogP contribution in [0.25, 0.3) is 5.57 Å². The third-order valence-corrected chi connectivity index (χ3v) is 8.69. The summed E-state index contributed by atoms with van der Waals surface area (Å²) in [6, 6.07) is 30.1. The van der Waals surface area contributed by atoms with Crippen molar-refractivity contribution >= 4 is 57.3 Å². The maximum absolute atomic E-state index is 12.6. The van der Waals surface area contributed by atoms with E-state index in [0.29, 0.717) is 5.69 Å². The fourth-order valence-electron chi connectivity index (χ4n) is 4.07. The Morgan fingerprint density at radius 3 is 1.61 bits per heavy atom. The fraction of sp³-hybridized carbons (Fsp3) is 0.225. The molecule has 4 aromatic carbocycles. The summed E-state index contributed by atoms with van der Waals surface area (Å²) in [5, 5.41) is 16.8. The second kappa shape index (κ2) is 27.4. The first kappa shape index (κ1) is 47.7. The number of hydrogen-bond donors (Lipinski definition) is 6. The Morgan fingerprint density at radius 1 is 0.722 bits per heavy atom. The monoisotopic (exact) mass is 752 g/mol. The lowest BCUT2D eigenvalue weighted by Crippen LogP contribution is -2.02. The third kappa shape index (κ3) is 17.8. The number of hydrazone groups is 3. The van der Waals surface area contributed by atoms with Crippen LogP contribution >= 0.6 is 0 Å². The Labute approximate surface area is 323 Å². The summed E-state index contributed by atoms with van der Waals surface area (Å²) in [6.45, 7) is 7.60. The van der Waals surface area contributed by atoms with E-state index in [-0.39, 0.29) is 7.43 Å². The molecule has 0 saturated carbocycles. The largest absolute Gasteiger partial charge is 0.404 e. The summed E-state index contributed by atoms with van der Waals surface area (Å²) < 4.78 is 12.6. The van der Waals surface area contributed by atoms with Crippen molar-refractivity contribution in [3.8, 4) is 0 Å². The van der Waals surface area contributed by atoms with E-state index in [4.69, 9.17) is 28.8 Å². The van der Waals surface area contributed by atoms with Crippen molar-refractivity contribution in [3.63, 3.8) is 0 Å². The summed E-state index contributed by atoms with van der Waals surface area (Å²) in [7, 11) is 4.15. The number of benzene rings is 4. The van der Waals surface area contributed by atoms with Gasteiger partial charge in [-0.3, -0.25) is 9.98 Å². The minimum absolute atomic E-state index is 0. The zero-order chi connectivity index (χ0) is 39.6. The van der Waals surface area contributed by atoms with Gasteiger partial charge in [-0.15, -0.1) is 0 Å². The molecule has 0 aliphatic rings. The van der Waals surface area contributed by atoms with Crippen LogP contribution in [0.2, 0.25) is 0 Å². The molecule has 0 heterocycles. The van der Waals surface area contributed by atoms with Crippen molar-refractivity contribution < 1.29 is 4.21 Å². The highest BCUT2D eigenvalue weighted by Crippen LogP contribution is 2.20. The van der Waals surface area contributed by atoms with Crippen molar-refractivity contribution in [2.45, 2.75) is 51.3 Å². The predicted molar refractivity (Wildman–Crippen MR) is 232 cm³/mol. The predicted octanol–water partition coefficient (Wildman–Crippen LogP) is 7.71. The van der Waals surface area contributed by atoms with Crippen LogP contribution in [0.15, 0.2) is 143 Å². The Morgan fingerprint density at radius 2 is 1.22 bits per heavy atom. The first-order chi connectivity index (χ1) is 25.5. The molecule has 4 aromatic rings. The van der Waals surface area contributed by atoms with Gasteiger partial charge in [0.05, 0.1) is 28.4 Å². The van der Waals surface area contributed by atoms with Crippen molar-refractivity contribution in [3.05, 3.63) is 126 Å². The average Bonchev–Trinajstić information content (AvgIpc) is 3.21. The van der Waals surface area contributed by atoms with E-state index in [0.717, 1.165) is 66.9 Å². The second-order valence-corrected chi connectivity index (χ2v) is 12.6. The molecule has 0 aliphatic heterocycles. The molecule has 1 unspecified atom stereocenters. The minimum atomic E-state index is -1.22. The van der Waals surface area contributed by atoms with E-state index >= 15 is 0 Å². The molecule has 14 heteroatoms. The zero-order valence-corrected chi connectivity index (χ0v) is 32.3. The van der Waals surface area contributed by atoms with Gasteiger partial charge in [0.1, 0.15) is 0 Å². The quantitative estimate of drug-likeness (QED) is 0.0411. The maximum atomic E-state index is 12.6. The zero-order valence-electron chi connectivity index (χ0n) is 31.5. The topological polar surface area (TPSA) is 231 Å². The minimum Gasteiger partial charge on any atom is -0.404 e. The van der Waals surface area contributed by atoms with Crippen LogP contribution in [-0.4, -0.2) is 54.9 Å². The van der Waals surface area contributed by atoms with Crippen LogP contribution in [0.3, 0.4) is 0 Å². The molecule has 0 spiro atoms. The molecule has 0 saturated heterocycles. The molecule has 0 bridgehead atoms. The molecule has 13 nitrogen and oxygen atoms in total. The molecule has 0 fully saturated rings. The van der Waals surface area contributed by atoms with Crippen LogP contribution in [0, 0.1) is 5.53 Å². The number of nitrogens with zero attached hydrogens (tertiary/aromatic N) is 6. The van der Waals surface area contributed by atoms with E-state index in [1.807, 2.05) is 120 Å². The van der Waals surface area contributed by atoms with E-state index < -0.39 is 10.8 Å². The first-order valence-electron chi connectivity index (χ1n) is 16.3. The molecule has 0 radical (unpaired) electrons. The molecule has 1 atom stereocenters. The number of anilines is 1. The van der Waals surface area contributed by atoms with Gasteiger partial charge in [0.15, 0.2) is 0 Å². The second-order valence-electron chi connectivity index (χ2n) is 11.1. The lowest BCUT2D eigenvalue weighted by Gasteiger charge is -2.06. The van der Waals surface area contributed by atoms with Crippen LogP contribution in [0.4, 0.5) is 11.4 Å². The molecule has 288 valence electrons. The SMILES string of the molecule is C.C/C(=C/N)c1ccc(S(=O)c2ccc(/C(C)=N\N)cc2)cc1.CN=C(C)C/C(C)=N\N.CN=Cc1ccc(/C=N/N)cc1.CNc1ccc(N=N)cc1. The Kier molecular flexibility index (Phi) is 24.2. The highest BCUT2D eigenvalue weighted by Gasteiger charge is 2.08. The molecular weight excluding hydrogens is 697 g/mol. The first-order valence-corrected chi connectivity index (χ1v) is 17.5. The Hall–Kier alpha value is -6.28. The third-order valence-electron chi connectivity index (χ3n) is 7.29. The van der Waals surface area contributed by atoms with Gasteiger partial charge in [0, 0.05) is 60.7 Å². The van der Waals surface area contributed by atoms with E-state index in [2.05, 4.69) is 35.7 Å². The van der Waals surface area contributed by atoms with Crippen LogP contribution in [-0.2, 0) is 10.8 Å². The molecule has 54 heavy (non-hydrogen) atoms. The number of nitrogens with one attached hydrogen (secondary N) is 2. The molecule has 4 rings (SSSR count). The smallest absolute Gasteiger partial charge is 0.0851 e. The van der Waals surface area contributed by atoms with Gasteiger partial charge < -0.3 is 28.6 Å². The number of rotatable bonds is 10. The maximum Gasteiger partial charge on any atom is 0.0851 e. The van der Waals surface area contributed by atoms with Gasteiger partial charge in [0.25, 0.3) is 0 Å². The molecule has 0 aromatic heterocycles. The van der Waals surface area contributed by atoms with E-state index in [1.165, 1.54) is 0 Å². The standard InChI is InChI=1S/C17H19N3OS.C9H11N3.C7H9N3.C6H13N3.CH4/c1-12(11-18)14-3-7-16(8-4-14)22(21)17-9-5-15(6-10-17)13(2)20-19;1-11-6-8-2-4-9(5-3-8)7-12-10;1-9-6-2-4-7(10-8)5-3-6;1-5(8-3)4-6(2)9-7;/h3-11H,18-19H2,1-2H3;2-7H,10H2,1H3;2-5,8-9H,1H3;4,7H2,1-3H3;1H4/b12-11-,20-13-;11-6?,12-7+;;8-5?,9-6-;. The highest BCUT2D eigenvalue weighted by molar-refractivity contribution is 7.85. The molecule has 0 aliphatic carbocycles. The summed E-state index contributed by atoms with van der Waals surface area (Å²) in [6.07, 6.45) is 5.75. The molecular formula is C40H56N12OS. The molecule has 0 amide bonds. The van der Waals surface area contributed by atoms with Crippen LogP contribution in [0.1, 0.15) is 63.8 Å². The normalized spacial score (nSPS) is 12.2. The summed E-state index contributed by atoms with van der Waals surface area (Å²) in [5.41, 5.74) is 21.6. The summed E-state index contributed by atoms with van der Waals surface area (Å²) >= 11 is 0. The van der Waals surface area contributed by atoms with Crippen LogP contribution < -0.4 is 28.6 Å². The highest BCUT2D eigenvalue weighted by atomic mass is 32.2. The van der Waals surface area contributed by atoms with Crippen molar-refractivity contribution in [2.24, 2.45) is 53.7 Å². The van der Waals surface area contributed by atoms with E-state index in [1.54, 1.807) is 44.9 Å². The lowest BCUT2D eigenvalue weighted by molar-refractivity contribution is 0.683. The van der Waals surface area contributed by atoms with Gasteiger partial charge in [-0.05, 0) is 110 Å². The Bertz CT molecular complexity index is 1770. The van der Waals surface area contributed by atoms with Crippen molar-refractivity contribution in [1.29, 1.82) is 5.53 Å². The van der Waals surface area contributed by atoms with Crippen LogP contribution in [0.5, 0.6) is 0 Å². The fourth-order valence-corrected chi connectivity index (χ4v) is 5.11. The van der Waals surface area contributed by atoms with Gasteiger partial charge >= 0.3 is 0 Å². The van der Waals surface area contributed by atoms with Gasteiger partial charge in [-0.25, -0.2) is 9.74 Å². The lowest BCUT2D eigenvalue weighted by atomic mass is 10.1. The van der Waals surface area contributed by atoms with Gasteiger partial charge in [0.2, 0.25) is 0 Å². The number of nitrogens with two attached hydrogens (primary N) is 4. The number of allylic oxidation sites excluding steroid dienone is 1. The number of hydrogen-bond acceptors (Lipinski definition) is 13.